The summed E-state index contributed by atoms with van der Waals surface area (Å²) in [5.74, 6) is 1.06. The Bertz CT molecular complexity index is 548. The largest absolute Gasteiger partial charge is 0.468 e. The van der Waals surface area contributed by atoms with Crippen molar-refractivity contribution in [2.75, 3.05) is 13.6 Å². The lowest BCUT2D eigenvalue weighted by Gasteiger charge is -2.17. The van der Waals surface area contributed by atoms with Gasteiger partial charge in [0.1, 0.15) is 5.76 Å². The predicted octanol–water partition coefficient (Wildman–Crippen LogP) is 3.72. The van der Waals surface area contributed by atoms with Crippen molar-refractivity contribution in [2.45, 2.75) is 39.9 Å². The summed E-state index contributed by atoms with van der Waals surface area (Å²) in [5.41, 5.74) is 3.94. The van der Waals surface area contributed by atoms with Gasteiger partial charge in [0.2, 0.25) is 0 Å². The van der Waals surface area contributed by atoms with Gasteiger partial charge in [-0.1, -0.05) is 36.8 Å². The molecule has 3 heteroatoms. The van der Waals surface area contributed by atoms with E-state index in [0.717, 1.165) is 38.4 Å². The first-order valence-corrected chi connectivity index (χ1v) is 7.69. The standard InChI is InChI=1S/C18H26N2O/c1-4-9-19-12-18-17(8-10-21-18)14-20(3)13-16-7-5-6-15(2)11-16/h5-8,10-11,19H,4,9,12-14H2,1-3H3. The summed E-state index contributed by atoms with van der Waals surface area (Å²) in [6.45, 7) is 8.01. The summed E-state index contributed by atoms with van der Waals surface area (Å²) in [7, 11) is 2.15. The average Bonchev–Trinajstić information content (AvgIpc) is 2.86. The highest BCUT2D eigenvalue weighted by Crippen LogP contribution is 2.14. The number of benzene rings is 1. The zero-order chi connectivity index (χ0) is 15.1. The van der Waals surface area contributed by atoms with E-state index in [2.05, 4.69) is 61.4 Å². The Labute approximate surface area is 128 Å². The Morgan fingerprint density at radius 2 is 2.05 bits per heavy atom. The van der Waals surface area contributed by atoms with Gasteiger partial charge in [0.15, 0.2) is 0 Å². The number of aryl methyl sites for hydroxylation is 1. The Kier molecular flexibility index (Phi) is 6.03. The second kappa shape index (κ2) is 8.01. The SMILES string of the molecule is CCCNCc1occc1CN(C)Cc1cccc(C)c1. The lowest BCUT2D eigenvalue weighted by Crippen LogP contribution is -2.19. The molecule has 0 atom stereocenters. The molecule has 114 valence electrons. The third-order valence-electron chi connectivity index (χ3n) is 3.53. The quantitative estimate of drug-likeness (QED) is 0.750. The first-order valence-electron chi connectivity index (χ1n) is 7.69. The summed E-state index contributed by atoms with van der Waals surface area (Å²) in [4.78, 5) is 2.32. The third-order valence-corrected chi connectivity index (χ3v) is 3.53. The zero-order valence-corrected chi connectivity index (χ0v) is 13.4. The lowest BCUT2D eigenvalue weighted by molar-refractivity contribution is 0.314. The maximum atomic E-state index is 5.59. The van der Waals surface area contributed by atoms with E-state index in [1.165, 1.54) is 16.7 Å². The van der Waals surface area contributed by atoms with E-state index >= 15 is 0 Å². The molecule has 0 saturated carbocycles. The monoisotopic (exact) mass is 286 g/mol. The van der Waals surface area contributed by atoms with Gasteiger partial charge in [-0.15, -0.1) is 0 Å². The number of nitrogens with zero attached hydrogens (tertiary/aromatic N) is 1. The Morgan fingerprint density at radius 3 is 2.81 bits per heavy atom. The van der Waals surface area contributed by atoms with E-state index in [1.54, 1.807) is 6.26 Å². The van der Waals surface area contributed by atoms with Crippen molar-refractivity contribution in [1.82, 2.24) is 10.2 Å². The van der Waals surface area contributed by atoms with Crippen LogP contribution in [-0.2, 0) is 19.6 Å². The highest BCUT2D eigenvalue weighted by atomic mass is 16.3. The highest BCUT2D eigenvalue weighted by Gasteiger charge is 2.09. The van der Waals surface area contributed by atoms with Crippen molar-refractivity contribution >= 4 is 0 Å². The molecule has 0 bridgehead atoms. The molecule has 0 unspecified atom stereocenters. The van der Waals surface area contributed by atoms with Crippen molar-refractivity contribution in [3.05, 3.63) is 59.0 Å². The summed E-state index contributed by atoms with van der Waals surface area (Å²) < 4.78 is 5.59. The van der Waals surface area contributed by atoms with E-state index in [9.17, 15) is 0 Å². The van der Waals surface area contributed by atoms with Gasteiger partial charge in [-0.05, 0) is 38.6 Å². The van der Waals surface area contributed by atoms with Crippen molar-refractivity contribution < 1.29 is 4.42 Å². The molecule has 0 amide bonds. The molecule has 2 rings (SSSR count). The molecule has 0 aliphatic carbocycles. The summed E-state index contributed by atoms with van der Waals surface area (Å²) >= 11 is 0. The van der Waals surface area contributed by atoms with Gasteiger partial charge in [-0.3, -0.25) is 4.90 Å². The van der Waals surface area contributed by atoms with Gasteiger partial charge < -0.3 is 9.73 Å². The van der Waals surface area contributed by atoms with Gasteiger partial charge in [0.05, 0.1) is 12.8 Å². The Balaban J connectivity index is 1.90. The summed E-state index contributed by atoms with van der Waals surface area (Å²) in [5, 5.41) is 3.40. The van der Waals surface area contributed by atoms with E-state index in [4.69, 9.17) is 4.42 Å². The second-order valence-corrected chi connectivity index (χ2v) is 5.71. The molecule has 2 aromatic rings. The van der Waals surface area contributed by atoms with Crippen LogP contribution in [0.4, 0.5) is 0 Å². The minimum absolute atomic E-state index is 0.814. The number of hydrogen-bond donors (Lipinski definition) is 1. The molecule has 0 radical (unpaired) electrons. The van der Waals surface area contributed by atoms with Crippen molar-refractivity contribution in [1.29, 1.82) is 0 Å². The fourth-order valence-electron chi connectivity index (χ4n) is 2.51. The fourth-order valence-corrected chi connectivity index (χ4v) is 2.51. The first-order chi connectivity index (χ1) is 10.2. The fraction of sp³-hybridized carbons (Fsp3) is 0.444. The van der Waals surface area contributed by atoms with Gasteiger partial charge in [-0.2, -0.15) is 0 Å². The molecule has 0 saturated heterocycles. The summed E-state index contributed by atoms with van der Waals surface area (Å²) in [6, 6.07) is 10.8. The normalized spacial score (nSPS) is 11.2. The topological polar surface area (TPSA) is 28.4 Å². The molecular formula is C18H26N2O. The summed E-state index contributed by atoms with van der Waals surface area (Å²) in [6.07, 6.45) is 2.93. The van der Waals surface area contributed by atoms with Crippen LogP contribution in [0, 0.1) is 6.92 Å². The van der Waals surface area contributed by atoms with Crippen molar-refractivity contribution in [3.63, 3.8) is 0 Å². The Hall–Kier alpha value is -1.58. The number of hydrogen-bond acceptors (Lipinski definition) is 3. The van der Waals surface area contributed by atoms with Crippen LogP contribution >= 0.6 is 0 Å². The van der Waals surface area contributed by atoms with Gasteiger partial charge >= 0.3 is 0 Å². The molecular weight excluding hydrogens is 260 g/mol. The van der Waals surface area contributed by atoms with E-state index < -0.39 is 0 Å². The first kappa shape index (κ1) is 15.8. The van der Waals surface area contributed by atoms with E-state index in [0.29, 0.717) is 0 Å². The second-order valence-electron chi connectivity index (χ2n) is 5.71. The van der Waals surface area contributed by atoms with Crippen LogP contribution in [0.3, 0.4) is 0 Å². The van der Waals surface area contributed by atoms with E-state index in [-0.39, 0.29) is 0 Å². The molecule has 0 aliphatic rings. The van der Waals surface area contributed by atoms with Crippen molar-refractivity contribution in [2.24, 2.45) is 0 Å². The molecule has 21 heavy (non-hydrogen) atoms. The van der Waals surface area contributed by atoms with Crippen LogP contribution in [0.15, 0.2) is 41.0 Å². The van der Waals surface area contributed by atoms with Crippen LogP contribution in [0.1, 0.15) is 35.8 Å². The van der Waals surface area contributed by atoms with Gasteiger partial charge in [0.25, 0.3) is 0 Å². The molecule has 0 fully saturated rings. The molecule has 0 spiro atoms. The zero-order valence-electron chi connectivity index (χ0n) is 13.4. The molecule has 1 aromatic carbocycles. The average molecular weight is 286 g/mol. The maximum Gasteiger partial charge on any atom is 0.122 e. The van der Waals surface area contributed by atoms with Gasteiger partial charge in [-0.25, -0.2) is 0 Å². The number of rotatable bonds is 8. The van der Waals surface area contributed by atoms with Gasteiger partial charge in [0, 0.05) is 18.7 Å². The molecule has 0 aliphatic heterocycles. The highest BCUT2D eigenvalue weighted by molar-refractivity contribution is 5.22. The van der Waals surface area contributed by atoms with Crippen LogP contribution in [0.25, 0.3) is 0 Å². The third kappa shape index (κ3) is 5.03. The minimum atomic E-state index is 0.814. The maximum absolute atomic E-state index is 5.59. The smallest absolute Gasteiger partial charge is 0.122 e. The van der Waals surface area contributed by atoms with Crippen LogP contribution in [-0.4, -0.2) is 18.5 Å². The van der Waals surface area contributed by atoms with Crippen LogP contribution < -0.4 is 5.32 Å². The Morgan fingerprint density at radius 1 is 1.19 bits per heavy atom. The molecule has 1 heterocycles. The number of nitrogens with one attached hydrogen (secondary N) is 1. The van der Waals surface area contributed by atoms with Crippen molar-refractivity contribution in [3.8, 4) is 0 Å². The molecule has 1 N–H and O–H groups in total. The van der Waals surface area contributed by atoms with Crippen LogP contribution in [0.2, 0.25) is 0 Å². The molecule has 3 nitrogen and oxygen atoms in total. The lowest BCUT2D eigenvalue weighted by atomic mass is 10.1. The predicted molar refractivity (Wildman–Crippen MR) is 87.1 cm³/mol. The van der Waals surface area contributed by atoms with Crippen LogP contribution in [0.5, 0.6) is 0 Å². The van der Waals surface area contributed by atoms with E-state index in [1.807, 2.05) is 0 Å². The minimum Gasteiger partial charge on any atom is -0.468 e. The number of furan rings is 1. The molecule has 1 aromatic heterocycles.